The maximum absolute atomic E-state index is 8.58. The van der Waals surface area contributed by atoms with Crippen LogP contribution in [0.3, 0.4) is 0 Å². The molecule has 0 aromatic heterocycles. The normalized spacial score (nSPS) is 10.2. The molecule has 0 amide bonds. The average molecular weight is 278 g/mol. The van der Waals surface area contributed by atoms with Crippen molar-refractivity contribution in [2.24, 2.45) is 0 Å². The molecule has 20 heavy (non-hydrogen) atoms. The zero-order valence-corrected chi connectivity index (χ0v) is 11.9. The van der Waals surface area contributed by atoms with Crippen LogP contribution in [0.4, 0.5) is 5.69 Å². The fourth-order valence-electron chi connectivity index (χ4n) is 1.56. The van der Waals surface area contributed by atoms with E-state index in [1.807, 2.05) is 24.3 Å². The van der Waals surface area contributed by atoms with Gasteiger partial charge in [-0.1, -0.05) is 12.1 Å². The van der Waals surface area contributed by atoms with Crippen LogP contribution in [-0.4, -0.2) is 46.7 Å². The Kier molecular flexibility index (Phi) is 9.24. The molecular weight excluding hydrogens is 256 g/mol. The molecule has 0 saturated heterocycles. The predicted molar refractivity (Wildman–Crippen MR) is 77.8 cm³/mol. The number of nitrogens with zero attached hydrogens (tertiary/aromatic N) is 1. The lowest BCUT2D eigenvalue weighted by Crippen LogP contribution is -2.13. The van der Waals surface area contributed by atoms with Crippen LogP contribution >= 0.6 is 0 Å². The maximum Gasteiger partial charge on any atom is 0.0701 e. The van der Waals surface area contributed by atoms with Gasteiger partial charge in [0, 0.05) is 19.3 Å². The second-order valence-electron chi connectivity index (χ2n) is 4.18. The average Bonchev–Trinajstić information content (AvgIpc) is 2.47. The third-order valence-electron chi connectivity index (χ3n) is 2.62. The zero-order chi connectivity index (χ0) is 14.5. The maximum atomic E-state index is 8.58. The van der Waals surface area contributed by atoms with Gasteiger partial charge in [0.2, 0.25) is 0 Å². The van der Waals surface area contributed by atoms with Crippen LogP contribution in [0.2, 0.25) is 0 Å². The number of methoxy groups -OCH3 is 1. The summed E-state index contributed by atoms with van der Waals surface area (Å²) in [5.41, 5.74) is 2.06. The van der Waals surface area contributed by atoms with E-state index < -0.39 is 0 Å². The monoisotopic (exact) mass is 278 g/mol. The minimum atomic E-state index is 0.451. The summed E-state index contributed by atoms with van der Waals surface area (Å²) < 4.78 is 15.6. The van der Waals surface area contributed by atoms with Crippen LogP contribution in [0, 0.1) is 11.3 Å². The highest BCUT2D eigenvalue weighted by atomic mass is 16.5. The third kappa shape index (κ3) is 7.74. The van der Waals surface area contributed by atoms with Crippen molar-refractivity contribution in [3.05, 3.63) is 29.8 Å². The van der Waals surface area contributed by atoms with E-state index in [9.17, 15) is 0 Å². The predicted octanol–water partition coefficient (Wildman–Crippen LogP) is 1.84. The van der Waals surface area contributed by atoms with E-state index >= 15 is 0 Å². The summed E-state index contributed by atoms with van der Waals surface area (Å²) in [5.74, 6) is 0. The second-order valence-corrected chi connectivity index (χ2v) is 4.18. The van der Waals surface area contributed by atoms with Crippen LogP contribution in [-0.2, 0) is 20.6 Å². The number of hydrogen-bond donors (Lipinski definition) is 1. The van der Waals surface area contributed by atoms with Crippen molar-refractivity contribution in [3.63, 3.8) is 0 Å². The van der Waals surface area contributed by atoms with Crippen molar-refractivity contribution in [3.8, 4) is 6.07 Å². The summed E-state index contributed by atoms with van der Waals surface area (Å²) in [7, 11) is 1.65. The molecule has 0 fully saturated rings. The zero-order valence-electron chi connectivity index (χ0n) is 11.9. The summed E-state index contributed by atoms with van der Waals surface area (Å²) in [6.45, 7) is 3.78. The smallest absolute Gasteiger partial charge is 0.0701 e. The Morgan fingerprint density at radius 3 is 2.30 bits per heavy atom. The van der Waals surface area contributed by atoms with E-state index in [1.165, 1.54) is 0 Å². The summed E-state index contributed by atoms with van der Waals surface area (Å²) in [5, 5.41) is 11.8. The Morgan fingerprint density at radius 1 is 1.00 bits per heavy atom. The second kappa shape index (κ2) is 11.2. The van der Waals surface area contributed by atoms with Gasteiger partial charge in [0.15, 0.2) is 0 Å². The first-order valence-electron chi connectivity index (χ1n) is 6.71. The van der Waals surface area contributed by atoms with Crippen LogP contribution in [0.1, 0.15) is 5.56 Å². The summed E-state index contributed by atoms with van der Waals surface area (Å²) >= 11 is 0. The molecule has 0 aliphatic carbocycles. The molecule has 1 aromatic carbocycles. The molecule has 0 spiro atoms. The van der Waals surface area contributed by atoms with Gasteiger partial charge in [-0.15, -0.1) is 0 Å². The Hall–Kier alpha value is -1.61. The summed E-state index contributed by atoms with van der Waals surface area (Å²) in [6.07, 6.45) is 0.451. The largest absolute Gasteiger partial charge is 0.383 e. The Morgan fingerprint density at radius 2 is 1.65 bits per heavy atom. The van der Waals surface area contributed by atoms with Crippen LogP contribution in [0.25, 0.3) is 0 Å². The number of benzene rings is 1. The van der Waals surface area contributed by atoms with Gasteiger partial charge in [0.1, 0.15) is 0 Å². The highest BCUT2D eigenvalue weighted by Gasteiger charge is 1.94. The number of nitrogens with one attached hydrogen (secondary N) is 1. The molecule has 0 saturated carbocycles. The van der Waals surface area contributed by atoms with E-state index in [4.69, 9.17) is 19.5 Å². The molecule has 5 heteroatoms. The highest BCUT2D eigenvalue weighted by molar-refractivity contribution is 5.44. The summed E-state index contributed by atoms with van der Waals surface area (Å²) in [4.78, 5) is 0. The molecule has 0 radical (unpaired) electrons. The number of anilines is 1. The standard InChI is InChI=1S/C15H22N2O3/c1-18-10-11-20-13-12-19-9-8-17-15-4-2-14(3-5-15)6-7-16/h2-5,17H,6,8-13H2,1H3. The van der Waals surface area contributed by atoms with Crippen LogP contribution in [0.15, 0.2) is 24.3 Å². The van der Waals surface area contributed by atoms with Crippen LogP contribution < -0.4 is 5.32 Å². The Bertz CT molecular complexity index is 387. The van der Waals surface area contributed by atoms with E-state index in [0.29, 0.717) is 39.5 Å². The number of nitriles is 1. The fraction of sp³-hybridized carbons (Fsp3) is 0.533. The first-order chi connectivity index (χ1) is 9.86. The van der Waals surface area contributed by atoms with E-state index in [2.05, 4.69) is 11.4 Å². The van der Waals surface area contributed by atoms with Crippen molar-refractivity contribution in [2.45, 2.75) is 6.42 Å². The Balaban J connectivity index is 1.99. The SMILES string of the molecule is COCCOCCOCCNc1ccc(CC#N)cc1. The third-order valence-corrected chi connectivity index (χ3v) is 2.62. The first-order valence-corrected chi connectivity index (χ1v) is 6.71. The molecule has 5 nitrogen and oxygen atoms in total. The molecule has 0 unspecified atom stereocenters. The van der Waals surface area contributed by atoms with E-state index in [0.717, 1.165) is 17.8 Å². The highest BCUT2D eigenvalue weighted by Crippen LogP contribution is 2.09. The number of ether oxygens (including phenoxy) is 3. The van der Waals surface area contributed by atoms with Crippen molar-refractivity contribution in [1.82, 2.24) is 0 Å². The lowest BCUT2D eigenvalue weighted by Gasteiger charge is -2.08. The van der Waals surface area contributed by atoms with E-state index in [-0.39, 0.29) is 0 Å². The van der Waals surface area contributed by atoms with Gasteiger partial charge in [-0.25, -0.2) is 0 Å². The van der Waals surface area contributed by atoms with Gasteiger partial charge in [-0.3, -0.25) is 0 Å². The molecular formula is C15H22N2O3. The summed E-state index contributed by atoms with van der Waals surface area (Å²) in [6, 6.07) is 9.98. The van der Waals surface area contributed by atoms with Gasteiger partial charge < -0.3 is 19.5 Å². The first kappa shape index (κ1) is 16.4. The van der Waals surface area contributed by atoms with E-state index in [1.54, 1.807) is 7.11 Å². The molecule has 0 aliphatic rings. The van der Waals surface area contributed by atoms with Crippen molar-refractivity contribution < 1.29 is 14.2 Å². The number of hydrogen-bond acceptors (Lipinski definition) is 5. The quantitative estimate of drug-likeness (QED) is 0.626. The van der Waals surface area contributed by atoms with Gasteiger partial charge in [-0.2, -0.15) is 5.26 Å². The van der Waals surface area contributed by atoms with Gasteiger partial charge in [0.25, 0.3) is 0 Å². The molecule has 0 heterocycles. The lowest BCUT2D eigenvalue weighted by molar-refractivity contribution is 0.0272. The van der Waals surface area contributed by atoms with Crippen LogP contribution in [0.5, 0.6) is 0 Å². The fourth-order valence-corrected chi connectivity index (χ4v) is 1.56. The molecule has 0 atom stereocenters. The lowest BCUT2D eigenvalue weighted by atomic mass is 10.1. The molecule has 1 rings (SSSR count). The number of rotatable bonds is 11. The molecule has 1 aromatic rings. The van der Waals surface area contributed by atoms with Crippen molar-refractivity contribution in [1.29, 1.82) is 5.26 Å². The van der Waals surface area contributed by atoms with Gasteiger partial charge in [-0.05, 0) is 17.7 Å². The Labute approximate surface area is 120 Å². The van der Waals surface area contributed by atoms with Gasteiger partial charge in [0.05, 0.1) is 45.5 Å². The topological polar surface area (TPSA) is 63.5 Å². The minimum absolute atomic E-state index is 0.451. The molecule has 1 N–H and O–H groups in total. The van der Waals surface area contributed by atoms with Crippen molar-refractivity contribution >= 4 is 5.69 Å². The van der Waals surface area contributed by atoms with Crippen molar-refractivity contribution in [2.75, 3.05) is 52.0 Å². The molecule has 0 aliphatic heterocycles. The van der Waals surface area contributed by atoms with Gasteiger partial charge >= 0.3 is 0 Å². The minimum Gasteiger partial charge on any atom is -0.383 e. The molecule has 110 valence electrons. The molecule has 0 bridgehead atoms.